The Balaban J connectivity index is 1.61. The molecule has 8 heteroatoms. The zero-order valence-electron chi connectivity index (χ0n) is 17.3. The summed E-state index contributed by atoms with van der Waals surface area (Å²) in [6.07, 6.45) is 1.07. The SMILES string of the molecule is COCCNC(=NCc1nnc(C)n1C)NC1CCN(c2ccc(C)cc2)C1. The molecular weight excluding hydrogens is 354 g/mol. The highest BCUT2D eigenvalue weighted by Gasteiger charge is 2.23. The first-order chi connectivity index (χ1) is 13.6. The summed E-state index contributed by atoms with van der Waals surface area (Å²) in [6.45, 7) is 7.86. The predicted octanol–water partition coefficient (Wildman–Crippen LogP) is 1.39. The molecule has 1 aromatic heterocycles. The van der Waals surface area contributed by atoms with Crippen LogP contribution in [0.5, 0.6) is 0 Å². The average molecular weight is 386 g/mol. The molecule has 1 aliphatic heterocycles. The summed E-state index contributed by atoms with van der Waals surface area (Å²) < 4.78 is 7.12. The average Bonchev–Trinajstić information content (AvgIpc) is 3.28. The lowest BCUT2D eigenvalue weighted by molar-refractivity contribution is 0.203. The van der Waals surface area contributed by atoms with Crippen LogP contribution < -0.4 is 15.5 Å². The first kappa shape index (κ1) is 20.1. The van der Waals surface area contributed by atoms with Gasteiger partial charge in [-0.15, -0.1) is 10.2 Å². The zero-order valence-corrected chi connectivity index (χ0v) is 17.3. The van der Waals surface area contributed by atoms with Crippen LogP contribution in [0.25, 0.3) is 0 Å². The molecule has 1 saturated heterocycles. The van der Waals surface area contributed by atoms with Gasteiger partial charge in [-0.05, 0) is 32.4 Å². The fraction of sp³-hybridized carbons (Fsp3) is 0.550. The number of rotatable bonds is 7. The lowest BCUT2D eigenvalue weighted by Gasteiger charge is -2.20. The molecule has 0 spiro atoms. The van der Waals surface area contributed by atoms with Gasteiger partial charge in [0, 0.05) is 45.5 Å². The quantitative estimate of drug-likeness (QED) is 0.426. The molecule has 0 radical (unpaired) electrons. The van der Waals surface area contributed by atoms with Crippen LogP contribution in [-0.2, 0) is 18.3 Å². The molecular formula is C20H31N7O. The van der Waals surface area contributed by atoms with Crippen molar-refractivity contribution in [1.82, 2.24) is 25.4 Å². The van der Waals surface area contributed by atoms with E-state index in [-0.39, 0.29) is 0 Å². The summed E-state index contributed by atoms with van der Waals surface area (Å²) in [7, 11) is 3.66. The van der Waals surface area contributed by atoms with Crippen molar-refractivity contribution < 1.29 is 4.74 Å². The van der Waals surface area contributed by atoms with E-state index in [4.69, 9.17) is 9.73 Å². The van der Waals surface area contributed by atoms with Crippen molar-refractivity contribution >= 4 is 11.6 Å². The molecule has 1 aromatic carbocycles. The number of aromatic nitrogens is 3. The minimum atomic E-state index is 0.344. The van der Waals surface area contributed by atoms with Gasteiger partial charge in [-0.25, -0.2) is 4.99 Å². The summed E-state index contributed by atoms with van der Waals surface area (Å²) in [4.78, 5) is 7.12. The molecule has 0 saturated carbocycles. The summed E-state index contributed by atoms with van der Waals surface area (Å²) >= 11 is 0. The van der Waals surface area contributed by atoms with E-state index < -0.39 is 0 Å². The Kier molecular flexibility index (Phi) is 6.86. The van der Waals surface area contributed by atoms with Gasteiger partial charge in [0.1, 0.15) is 12.4 Å². The van der Waals surface area contributed by atoms with Gasteiger partial charge in [-0.1, -0.05) is 17.7 Å². The van der Waals surface area contributed by atoms with Crippen molar-refractivity contribution in [2.24, 2.45) is 12.0 Å². The van der Waals surface area contributed by atoms with Gasteiger partial charge in [0.25, 0.3) is 0 Å². The van der Waals surface area contributed by atoms with E-state index in [1.807, 2.05) is 18.5 Å². The Bertz CT molecular complexity index is 784. The number of benzene rings is 1. The molecule has 0 aliphatic carbocycles. The van der Waals surface area contributed by atoms with Gasteiger partial charge in [0.2, 0.25) is 0 Å². The summed E-state index contributed by atoms with van der Waals surface area (Å²) in [5, 5.41) is 15.2. The van der Waals surface area contributed by atoms with E-state index in [0.29, 0.717) is 25.7 Å². The number of guanidine groups is 1. The number of aryl methyl sites for hydroxylation is 2. The van der Waals surface area contributed by atoms with Crippen molar-refractivity contribution in [3.8, 4) is 0 Å². The van der Waals surface area contributed by atoms with Crippen LogP contribution in [0.4, 0.5) is 5.69 Å². The van der Waals surface area contributed by atoms with Gasteiger partial charge < -0.3 is 24.8 Å². The van der Waals surface area contributed by atoms with Crippen LogP contribution in [0.15, 0.2) is 29.3 Å². The van der Waals surface area contributed by atoms with Crippen molar-refractivity contribution in [1.29, 1.82) is 0 Å². The normalized spacial score (nSPS) is 17.2. The smallest absolute Gasteiger partial charge is 0.192 e. The van der Waals surface area contributed by atoms with Crippen molar-refractivity contribution in [2.75, 3.05) is 38.3 Å². The summed E-state index contributed by atoms with van der Waals surface area (Å²) in [5.41, 5.74) is 2.56. The van der Waals surface area contributed by atoms with E-state index in [1.54, 1.807) is 7.11 Å². The van der Waals surface area contributed by atoms with Gasteiger partial charge in [0.15, 0.2) is 11.8 Å². The van der Waals surface area contributed by atoms with Crippen LogP contribution in [-0.4, -0.2) is 60.1 Å². The summed E-state index contributed by atoms with van der Waals surface area (Å²) in [6, 6.07) is 9.06. The Labute approximate surface area is 167 Å². The minimum absolute atomic E-state index is 0.344. The zero-order chi connectivity index (χ0) is 19.9. The number of aliphatic imine (C=N–C) groups is 1. The Hall–Kier alpha value is -2.61. The largest absolute Gasteiger partial charge is 0.383 e. The molecule has 2 aromatic rings. The third-order valence-corrected chi connectivity index (χ3v) is 5.09. The topological polar surface area (TPSA) is 79.6 Å². The first-order valence-electron chi connectivity index (χ1n) is 9.77. The second-order valence-electron chi connectivity index (χ2n) is 7.22. The molecule has 1 atom stereocenters. The molecule has 1 fully saturated rings. The highest BCUT2D eigenvalue weighted by Crippen LogP contribution is 2.20. The highest BCUT2D eigenvalue weighted by molar-refractivity contribution is 5.80. The first-order valence-corrected chi connectivity index (χ1v) is 9.77. The van der Waals surface area contributed by atoms with Crippen LogP contribution in [0.2, 0.25) is 0 Å². The number of hydrogen-bond donors (Lipinski definition) is 2. The van der Waals surface area contributed by atoms with E-state index in [0.717, 1.165) is 37.1 Å². The number of nitrogens with zero attached hydrogens (tertiary/aromatic N) is 5. The predicted molar refractivity (Wildman–Crippen MR) is 112 cm³/mol. The van der Waals surface area contributed by atoms with Crippen LogP contribution in [0.3, 0.4) is 0 Å². The third kappa shape index (κ3) is 5.22. The maximum absolute atomic E-state index is 5.15. The Morgan fingerprint density at radius 3 is 2.71 bits per heavy atom. The van der Waals surface area contributed by atoms with Crippen molar-refractivity contribution in [3.63, 3.8) is 0 Å². The lowest BCUT2D eigenvalue weighted by atomic mass is 10.2. The van der Waals surface area contributed by atoms with Crippen LogP contribution in [0.1, 0.15) is 23.6 Å². The van der Waals surface area contributed by atoms with Crippen molar-refractivity contribution in [3.05, 3.63) is 41.5 Å². The molecule has 1 unspecified atom stereocenters. The Morgan fingerprint density at radius 2 is 2.04 bits per heavy atom. The van der Waals surface area contributed by atoms with Gasteiger partial charge in [-0.3, -0.25) is 0 Å². The number of ether oxygens (including phenoxy) is 1. The fourth-order valence-electron chi connectivity index (χ4n) is 3.22. The van der Waals surface area contributed by atoms with Crippen LogP contribution in [0, 0.1) is 13.8 Å². The van der Waals surface area contributed by atoms with Crippen LogP contribution >= 0.6 is 0 Å². The molecule has 8 nitrogen and oxygen atoms in total. The van der Waals surface area contributed by atoms with E-state index in [1.165, 1.54) is 11.3 Å². The number of nitrogens with one attached hydrogen (secondary N) is 2. The van der Waals surface area contributed by atoms with Gasteiger partial charge in [0.05, 0.1) is 6.61 Å². The second-order valence-corrected chi connectivity index (χ2v) is 7.22. The van der Waals surface area contributed by atoms with E-state index >= 15 is 0 Å². The number of anilines is 1. The summed E-state index contributed by atoms with van der Waals surface area (Å²) in [5.74, 6) is 2.52. The molecule has 3 rings (SSSR count). The molecule has 152 valence electrons. The maximum Gasteiger partial charge on any atom is 0.192 e. The third-order valence-electron chi connectivity index (χ3n) is 5.09. The number of methoxy groups -OCH3 is 1. The fourth-order valence-corrected chi connectivity index (χ4v) is 3.22. The molecule has 0 amide bonds. The van der Waals surface area contributed by atoms with E-state index in [9.17, 15) is 0 Å². The molecule has 0 bridgehead atoms. The van der Waals surface area contributed by atoms with E-state index in [2.05, 4.69) is 56.9 Å². The molecule has 28 heavy (non-hydrogen) atoms. The maximum atomic E-state index is 5.15. The van der Waals surface area contributed by atoms with Crippen molar-refractivity contribution in [2.45, 2.75) is 32.9 Å². The lowest BCUT2D eigenvalue weighted by Crippen LogP contribution is -2.45. The highest BCUT2D eigenvalue weighted by atomic mass is 16.5. The van der Waals surface area contributed by atoms with Gasteiger partial charge in [-0.2, -0.15) is 0 Å². The molecule has 2 heterocycles. The minimum Gasteiger partial charge on any atom is -0.383 e. The number of hydrogen-bond acceptors (Lipinski definition) is 5. The van der Waals surface area contributed by atoms with Gasteiger partial charge >= 0.3 is 0 Å². The molecule has 2 N–H and O–H groups in total. The Morgan fingerprint density at radius 1 is 1.25 bits per heavy atom. The second kappa shape index (κ2) is 9.54. The standard InChI is InChI=1S/C20H31N7O/c1-15-5-7-18(8-6-15)27-11-9-17(14-27)23-20(21-10-12-28-4)22-13-19-25-24-16(2)26(19)3/h5-8,17H,9-14H2,1-4H3,(H2,21,22,23). The molecule has 1 aliphatic rings. The monoisotopic (exact) mass is 385 g/mol.